The summed E-state index contributed by atoms with van der Waals surface area (Å²) in [7, 11) is 0. The molecule has 0 bridgehead atoms. The number of hydrogen-bond acceptors (Lipinski definition) is 2. The third-order valence-corrected chi connectivity index (χ3v) is 12.5. The lowest BCUT2D eigenvalue weighted by Crippen LogP contribution is -2.11. The second kappa shape index (κ2) is 13.4. The van der Waals surface area contributed by atoms with E-state index in [1.54, 1.807) is 0 Å². The van der Waals surface area contributed by atoms with Crippen molar-refractivity contribution < 1.29 is 0 Å². The average molecular weight is 730 g/mol. The minimum absolute atomic E-state index is 1.11. The zero-order chi connectivity index (χ0) is 37.0. The highest BCUT2D eigenvalue weighted by Gasteiger charge is 2.20. The minimum Gasteiger partial charge on any atom is -0.310 e. The van der Waals surface area contributed by atoms with Gasteiger partial charge >= 0.3 is 0 Å². The summed E-state index contributed by atoms with van der Waals surface area (Å²) in [6.07, 6.45) is 0. The van der Waals surface area contributed by atoms with Crippen LogP contribution in [0.1, 0.15) is 0 Å². The Labute approximate surface area is 330 Å². The molecule has 11 aromatic rings. The number of thiophene rings is 1. The van der Waals surface area contributed by atoms with Gasteiger partial charge in [-0.2, -0.15) is 0 Å². The van der Waals surface area contributed by atoms with E-state index in [1.807, 2.05) is 11.3 Å². The Bertz CT molecular complexity index is 3200. The van der Waals surface area contributed by atoms with Crippen molar-refractivity contribution in [3.63, 3.8) is 0 Å². The van der Waals surface area contributed by atoms with E-state index >= 15 is 0 Å². The Morgan fingerprint density at radius 2 is 0.768 bits per heavy atom. The molecule has 1 aromatic heterocycles. The van der Waals surface area contributed by atoms with Gasteiger partial charge in [0.1, 0.15) is 0 Å². The Balaban J connectivity index is 1.10. The Morgan fingerprint density at radius 1 is 0.286 bits per heavy atom. The first-order valence-corrected chi connectivity index (χ1v) is 20.0. The molecule has 0 spiro atoms. The van der Waals surface area contributed by atoms with Crippen LogP contribution in [0.3, 0.4) is 0 Å². The molecule has 0 fully saturated rings. The largest absolute Gasteiger partial charge is 0.310 e. The predicted octanol–water partition coefficient (Wildman–Crippen LogP) is 16.0. The molecule has 0 saturated heterocycles. The maximum Gasteiger partial charge on any atom is 0.0540 e. The summed E-state index contributed by atoms with van der Waals surface area (Å²) < 4.78 is 2.65. The fourth-order valence-electron chi connectivity index (χ4n) is 8.61. The monoisotopic (exact) mass is 729 g/mol. The van der Waals surface area contributed by atoms with E-state index in [9.17, 15) is 0 Å². The fourth-order valence-corrected chi connectivity index (χ4v) is 9.85. The highest BCUT2D eigenvalue weighted by Crippen LogP contribution is 2.45. The molecule has 0 radical (unpaired) electrons. The van der Waals surface area contributed by atoms with Gasteiger partial charge in [0.15, 0.2) is 0 Å². The average Bonchev–Trinajstić information content (AvgIpc) is 3.67. The van der Waals surface area contributed by atoms with Gasteiger partial charge in [0, 0.05) is 37.1 Å². The van der Waals surface area contributed by atoms with Crippen molar-refractivity contribution in [3.05, 3.63) is 212 Å². The summed E-state index contributed by atoms with van der Waals surface area (Å²) in [5.41, 5.74) is 10.6. The second-order valence-electron chi connectivity index (χ2n) is 14.4. The molecule has 2 heteroatoms. The number of para-hydroxylation sites is 1. The zero-order valence-electron chi connectivity index (χ0n) is 30.6. The van der Waals surface area contributed by atoms with Gasteiger partial charge in [-0.3, -0.25) is 0 Å². The molecule has 262 valence electrons. The molecular formula is C54H35NS. The Morgan fingerprint density at radius 3 is 1.50 bits per heavy atom. The molecule has 0 amide bonds. The van der Waals surface area contributed by atoms with Crippen LogP contribution in [0.2, 0.25) is 0 Å². The normalized spacial score (nSPS) is 11.6. The van der Waals surface area contributed by atoms with Crippen molar-refractivity contribution in [2.45, 2.75) is 0 Å². The Kier molecular flexibility index (Phi) is 7.75. The first-order valence-electron chi connectivity index (χ1n) is 19.2. The molecule has 0 saturated carbocycles. The highest BCUT2D eigenvalue weighted by atomic mass is 32.1. The quantitative estimate of drug-likeness (QED) is 0.154. The maximum absolute atomic E-state index is 2.44. The SMILES string of the molecule is c1ccc(-c2ccc(-c3ccccc3N(c3ccc(-c4cccc5c4sc4ccccc45)cc3)c3ccc4c5ccccc5c5ccccc5c4c3)cc2)cc1. The van der Waals surface area contributed by atoms with Crippen LogP contribution in [0.5, 0.6) is 0 Å². The minimum atomic E-state index is 1.11. The number of fused-ring (bicyclic) bond motifs is 9. The lowest BCUT2D eigenvalue weighted by Gasteiger charge is -2.28. The van der Waals surface area contributed by atoms with E-state index in [2.05, 4.69) is 217 Å². The van der Waals surface area contributed by atoms with E-state index in [1.165, 1.54) is 85.9 Å². The van der Waals surface area contributed by atoms with Gasteiger partial charge in [-0.15, -0.1) is 11.3 Å². The highest BCUT2D eigenvalue weighted by molar-refractivity contribution is 7.26. The molecule has 11 rings (SSSR count). The van der Waals surface area contributed by atoms with Crippen LogP contribution in [0.25, 0.3) is 85.9 Å². The van der Waals surface area contributed by atoms with Gasteiger partial charge in [0.05, 0.1) is 5.69 Å². The Hall–Kier alpha value is -7.00. The molecule has 56 heavy (non-hydrogen) atoms. The first-order chi connectivity index (χ1) is 27.8. The van der Waals surface area contributed by atoms with Crippen LogP contribution in [0.15, 0.2) is 212 Å². The summed E-state index contributed by atoms with van der Waals surface area (Å²) in [6.45, 7) is 0. The summed E-state index contributed by atoms with van der Waals surface area (Å²) in [5.74, 6) is 0. The van der Waals surface area contributed by atoms with Crippen molar-refractivity contribution in [3.8, 4) is 33.4 Å². The number of nitrogens with zero attached hydrogens (tertiary/aromatic N) is 1. The molecule has 0 N–H and O–H groups in total. The first kappa shape index (κ1) is 32.4. The van der Waals surface area contributed by atoms with E-state index in [-0.39, 0.29) is 0 Å². The fraction of sp³-hybridized carbons (Fsp3) is 0. The number of hydrogen-bond donors (Lipinski definition) is 0. The number of rotatable bonds is 6. The van der Waals surface area contributed by atoms with Crippen LogP contribution >= 0.6 is 11.3 Å². The predicted molar refractivity (Wildman–Crippen MR) is 243 cm³/mol. The van der Waals surface area contributed by atoms with Gasteiger partial charge < -0.3 is 4.90 Å². The van der Waals surface area contributed by atoms with Gasteiger partial charge in [-0.1, -0.05) is 176 Å². The number of anilines is 3. The third kappa shape index (κ3) is 5.38. The lowest BCUT2D eigenvalue weighted by molar-refractivity contribution is 1.29. The molecule has 0 unspecified atom stereocenters. The van der Waals surface area contributed by atoms with Crippen molar-refractivity contribution in [1.29, 1.82) is 0 Å². The topological polar surface area (TPSA) is 3.24 Å². The second-order valence-corrected chi connectivity index (χ2v) is 15.5. The summed E-state index contributed by atoms with van der Waals surface area (Å²) in [4.78, 5) is 2.44. The van der Waals surface area contributed by atoms with Crippen LogP contribution in [0, 0.1) is 0 Å². The smallest absolute Gasteiger partial charge is 0.0540 e. The lowest BCUT2D eigenvalue weighted by atomic mass is 9.93. The summed E-state index contributed by atoms with van der Waals surface area (Å²) in [6, 6.07) is 77.7. The molecule has 10 aromatic carbocycles. The van der Waals surface area contributed by atoms with E-state index in [0.717, 1.165) is 17.1 Å². The van der Waals surface area contributed by atoms with Crippen LogP contribution < -0.4 is 4.90 Å². The zero-order valence-corrected chi connectivity index (χ0v) is 31.4. The molecule has 0 aliphatic carbocycles. The van der Waals surface area contributed by atoms with Crippen molar-refractivity contribution >= 4 is 80.9 Å². The molecule has 0 atom stereocenters. The molecule has 0 aliphatic heterocycles. The van der Waals surface area contributed by atoms with Gasteiger partial charge in [0.2, 0.25) is 0 Å². The molecular weight excluding hydrogens is 695 g/mol. The van der Waals surface area contributed by atoms with Crippen molar-refractivity contribution in [1.82, 2.24) is 0 Å². The van der Waals surface area contributed by atoms with E-state index in [4.69, 9.17) is 0 Å². The number of benzene rings is 10. The van der Waals surface area contributed by atoms with Gasteiger partial charge in [0.25, 0.3) is 0 Å². The van der Waals surface area contributed by atoms with Crippen LogP contribution in [0.4, 0.5) is 17.1 Å². The van der Waals surface area contributed by atoms with Gasteiger partial charge in [-0.25, -0.2) is 0 Å². The van der Waals surface area contributed by atoms with E-state index < -0.39 is 0 Å². The third-order valence-electron chi connectivity index (χ3n) is 11.3. The maximum atomic E-state index is 2.44. The molecule has 1 nitrogen and oxygen atoms in total. The molecule has 1 heterocycles. The summed E-state index contributed by atoms with van der Waals surface area (Å²) in [5, 5.41) is 10.3. The van der Waals surface area contributed by atoms with Crippen LogP contribution in [-0.4, -0.2) is 0 Å². The standard InChI is InChI=1S/C54H35NS/c1-2-13-36(14-3-1)37-25-27-38(28-26-37)42-15-8-10-23-52(42)55(41-33-34-48-46-18-5-4-16-44(46)45-17-6-7-19-47(45)51(48)35-41)40-31-29-39(30-32-40)43-21-12-22-50-49-20-9-11-24-53(49)56-54(43)50/h1-35H. The molecule has 0 aliphatic rings. The van der Waals surface area contributed by atoms with Crippen molar-refractivity contribution in [2.24, 2.45) is 0 Å². The van der Waals surface area contributed by atoms with Crippen LogP contribution in [-0.2, 0) is 0 Å². The van der Waals surface area contributed by atoms with Gasteiger partial charge in [-0.05, 0) is 96.5 Å². The summed E-state index contributed by atoms with van der Waals surface area (Å²) >= 11 is 1.88. The van der Waals surface area contributed by atoms with Crippen molar-refractivity contribution in [2.75, 3.05) is 4.90 Å². The van der Waals surface area contributed by atoms with E-state index in [0.29, 0.717) is 0 Å².